The van der Waals surface area contributed by atoms with E-state index >= 15 is 0 Å². The lowest BCUT2D eigenvalue weighted by Gasteiger charge is -2.32. The summed E-state index contributed by atoms with van der Waals surface area (Å²) in [5, 5.41) is 0. The quantitative estimate of drug-likeness (QED) is 0.298. The molecule has 1 aliphatic carbocycles. The number of nitrogens with zero attached hydrogens (tertiary/aromatic N) is 1. The molecule has 1 amide bonds. The van der Waals surface area contributed by atoms with Crippen molar-refractivity contribution in [2.45, 2.75) is 12.8 Å². The highest BCUT2D eigenvalue weighted by molar-refractivity contribution is 9.10. The first-order valence-electron chi connectivity index (χ1n) is 9.91. The van der Waals surface area contributed by atoms with E-state index in [2.05, 4.69) is 15.9 Å². The van der Waals surface area contributed by atoms with Crippen LogP contribution in [0.3, 0.4) is 0 Å². The van der Waals surface area contributed by atoms with Gasteiger partial charge in [0.2, 0.25) is 5.91 Å². The number of halogens is 1. The van der Waals surface area contributed by atoms with Crippen molar-refractivity contribution < 1.29 is 23.9 Å². The van der Waals surface area contributed by atoms with Crippen molar-refractivity contribution in [3.63, 3.8) is 0 Å². The standard InChI is InChI=1S/C23H20BrNO5/c1-22(19(26)14-5-3-2-4-6-14)18-16-13-15(24)7-8-17(16)30-21(28)23(18,22)20(27)25-9-11-29-12-10-25/h2-8,13,18H,9-12H2,1H3/t18-,22-,23-/m0/s1. The van der Waals surface area contributed by atoms with E-state index in [1.54, 1.807) is 48.2 Å². The number of carbonyl (C=O) groups excluding carboxylic acids is 3. The van der Waals surface area contributed by atoms with Crippen molar-refractivity contribution in [2.24, 2.45) is 10.8 Å². The Hall–Kier alpha value is -2.51. The fourth-order valence-electron chi connectivity index (χ4n) is 5.16. The lowest BCUT2D eigenvalue weighted by molar-refractivity contribution is -0.156. The Bertz CT molecular complexity index is 1060. The zero-order valence-electron chi connectivity index (χ0n) is 16.4. The molecule has 6 nitrogen and oxygen atoms in total. The van der Waals surface area contributed by atoms with E-state index in [4.69, 9.17) is 9.47 Å². The first-order chi connectivity index (χ1) is 14.4. The molecular formula is C23H20BrNO5. The summed E-state index contributed by atoms with van der Waals surface area (Å²) >= 11 is 3.47. The van der Waals surface area contributed by atoms with Crippen LogP contribution in [0.5, 0.6) is 5.75 Å². The summed E-state index contributed by atoms with van der Waals surface area (Å²) in [7, 11) is 0. The molecule has 3 aliphatic rings. The second-order valence-electron chi connectivity index (χ2n) is 8.11. The van der Waals surface area contributed by atoms with Crippen LogP contribution < -0.4 is 4.74 Å². The number of rotatable bonds is 3. The second kappa shape index (κ2) is 6.75. The average Bonchev–Trinajstić information content (AvgIpc) is 3.37. The highest BCUT2D eigenvalue weighted by Crippen LogP contribution is 2.78. The molecule has 0 spiro atoms. The molecule has 30 heavy (non-hydrogen) atoms. The van der Waals surface area contributed by atoms with E-state index < -0.39 is 22.7 Å². The van der Waals surface area contributed by atoms with Crippen LogP contribution in [-0.4, -0.2) is 48.9 Å². The van der Waals surface area contributed by atoms with Gasteiger partial charge in [-0.2, -0.15) is 0 Å². The van der Waals surface area contributed by atoms with Crippen molar-refractivity contribution in [2.75, 3.05) is 26.3 Å². The molecule has 2 aliphatic heterocycles. The SMILES string of the molecule is C[C@@]1(C(=O)c2ccccc2)[C@@H]2c3cc(Br)ccc3OC(=O)[C@@]21C(=O)N1CCOCC1. The minimum Gasteiger partial charge on any atom is -0.425 e. The van der Waals surface area contributed by atoms with Crippen molar-refractivity contribution in [1.82, 2.24) is 4.90 Å². The van der Waals surface area contributed by atoms with E-state index in [0.717, 1.165) is 4.47 Å². The van der Waals surface area contributed by atoms with Crippen molar-refractivity contribution in [3.8, 4) is 5.75 Å². The van der Waals surface area contributed by atoms with Gasteiger partial charge in [-0.05, 0) is 25.1 Å². The number of hydrogen-bond donors (Lipinski definition) is 0. The fraction of sp³-hybridized carbons (Fsp3) is 0.348. The van der Waals surface area contributed by atoms with Gasteiger partial charge in [0.05, 0.1) is 18.6 Å². The Kier molecular flexibility index (Phi) is 4.38. The Morgan fingerprint density at radius 3 is 2.50 bits per heavy atom. The first-order valence-corrected chi connectivity index (χ1v) is 10.7. The Morgan fingerprint density at radius 2 is 1.80 bits per heavy atom. The third kappa shape index (κ3) is 2.42. The smallest absolute Gasteiger partial charge is 0.328 e. The monoisotopic (exact) mass is 469 g/mol. The van der Waals surface area contributed by atoms with E-state index in [-0.39, 0.29) is 11.7 Å². The van der Waals surface area contributed by atoms with Crippen LogP contribution in [-0.2, 0) is 14.3 Å². The molecular weight excluding hydrogens is 450 g/mol. The van der Waals surface area contributed by atoms with Crippen LogP contribution in [0, 0.1) is 10.8 Å². The van der Waals surface area contributed by atoms with Gasteiger partial charge < -0.3 is 14.4 Å². The maximum Gasteiger partial charge on any atom is 0.328 e. The number of benzene rings is 2. The molecule has 2 aromatic rings. The number of esters is 1. The second-order valence-corrected chi connectivity index (χ2v) is 9.03. The molecule has 2 aromatic carbocycles. The topological polar surface area (TPSA) is 72.9 Å². The van der Waals surface area contributed by atoms with Gasteiger partial charge in [0.25, 0.3) is 0 Å². The number of morpholine rings is 1. The highest BCUT2D eigenvalue weighted by atomic mass is 79.9. The Morgan fingerprint density at radius 1 is 1.10 bits per heavy atom. The minimum atomic E-state index is -1.56. The van der Waals surface area contributed by atoms with Crippen LogP contribution >= 0.6 is 15.9 Å². The van der Waals surface area contributed by atoms with Gasteiger partial charge in [0.15, 0.2) is 11.2 Å². The number of ether oxygens (including phenoxy) is 2. The number of ketones is 1. The van der Waals surface area contributed by atoms with Gasteiger partial charge in [0, 0.05) is 34.6 Å². The van der Waals surface area contributed by atoms with Gasteiger partial charge in [-0.3, -0.25) is 14.4 Å². The molecule has 5 rings (SSSR count). The summed E-state index contributed by atoms with van der Waals surface area (Å²) < 4.78 is 11.8. The van der Waals surface area contributed by atoms with Crippen molar-refractivity contribution >= 4 is 33.6 Å². The summed E-state index contributed by atoms with van der Waals surface area (Å²) in [5.74, 6) is -1.40. The summed E-state index contributed by atoms with van der Waals surface area (Å²) in [6, 6.07) is 14.2. The molecule has 3 atom stereocenters. The maximum absolute atomic E-state index is 13.8. The van der Waals surface area contributed by atoms with Gasteiger partial charge in [0.1, 0.15) is 5.75 Å². The molecule has 0 N–H and O–H groups in total. The van der Waals surface area contributed by atoms with Crippen LogP contribution in [0.25, 0.3) is 0 Å². The molecule has 1 saturated carbocycles. The number of fused-ring (bicyclic) bond motifs is 3. The molecule has 0 radical (unpaired) electrons. The van der Waals surface area contributed by atoms with Crippen LogP contribution in [0.1, 0.15) is 28.8 Å². The molecule has 2 heterocycles. The summed E-state index contributed by atoms with van der Waals surface area (Å²) in [6.07, 6.45) is 0. The molecule has 1 saturated heterocycles. The van der Waals surface area contributed by atoms with Gasteiger partial charge in [-0.15, -0.1) is 0 Å². The lowest BCUT2D eigenvalue weighted by atomic mass is 9.86. The Balaban J connectivity index is 1.68. The highest BCUT2D eigenvalue weighted by Gasteiger charge is 2.88. The Labute approximate surface area is 182 Å². The largest absolute Gasteiger partial charge is 0.425 e. The van der Waals surface area contributed by atoms with Crippen molar-refractivity contribution in [1.29, 1.82) is 0 Å². The number of carbonyl (C=O) groups is 3. The summed E-state index contributed by atoms with van der Waals surface area (Å²) in [4.78, 5) is 42.5. The molecule has 154 valence electrons. The average molecular weight is 470 g/mol. The maximum atomic E-state index is 13.8. The summed E-state index contributed by atoms with van der Waals surface area (Å²) in [5.41, 5.74) is -1.61. The third-order valence-electron chi connectivity index (χ3n) is 6.70. The van der Waals surface area contributed by atoms with Gasteiger partial charge >= 0.3 is 5.97 Å². The fourth-order valence-corrected chi connectivity index (χ4v) is 5.54. The lowest BCUT2D eigenvalue weighted by Crippen LogP contribution is -2.50. The van der Waals surface area contributed by atoms with E-state index in [1.165, 1.54) is 0 Å². The predicted octanol–water partition coefficient (Wildman–Crippen LogP) is 3.20. The van der Waals surface area contributed by atoms with Gasteiger partial charge in [-0.1, -0.05) is 46.3 Å². The van der Waals surface area contributed by atoms with Crippen molar-refractivity contribution in [3.05, 3.63) is 64.1 Å². The predicted molar refractivity (Wildman–Crippen MR) is 111 cm³/mol. The molecule has 0 bridgehead atoms. The first kappa shape index (κ1) is 19.5. The van der Waals surface area contributed by atoms with Crippen LogP contribution in [0.2, 0.25) is 0 Å². The molecule has 0 unspecified atom stereocenters. The number of hydrogen-bond acceptors (Lipinski definition) is 5. The molecule has 2 fully saturated rings. The van der Waals surface area contributed by atoms with E-state index in [9.17, 15) is 14.4 Å². The van der Waals surface area contributed by atoms with E-state index in [1.807, 2.05) is 12.1 Å². The van der Waals surface area contributed by atoms with Crippen LogP contribution in [0.15, 0.2) is 53.0 Å². The third-order valence-corrected chi connectivity index (χ3v) is 7.19. The van der Waals surface area contributed by atoms with E-state index in [0.29, 0.717) is 43.2 Å². The minimum absolute atomic E-state index is 0.223. The zero-order valence-corrected chi connectivity index (χ0v) is 18.0. The molecule has 7 heteroatoms. The zero-order chi connectivity index (χ0) is 21.1. The number of Topliss-reactive ketones (excluding diaryl/α,β-unsaturated/α-hetero) is 1. The van der Waals surface area contributed by atoms with Crippen LogP contribution in [0.4, 0.5) is 0 Å². The number of amides is 1. The molecule has 0 aromatic heterocycles. The van der Waals surface area contributed by atoms with Gasteiger partial charge in [-0.25, -0.2) is 0 Å². The summed E-state index contributed by atoms with van der Waals surface area (Å²) in [6.45, 7) is 3.33. The normalized spacial score (nSPS) is 29.5.